The largest absolute Gasteiger partial charge is 0.555 e. The molecule has 0 atom stereocenters. The average Bonchev–Trinajstić information content (AvgIpc) is 2.92. The molecule has 0 amide bonds. The fraction of sp³-hybridized carbons (Fsp3) is 0.913. The van der Waals surface area contributed by atoms with E-state index in [9.17, 15) is 0 Å². The van der Waals surface area contributed by atoms with Gasteiger partial charge in [-0.25, -0.2) is 7.11 Å². The van der Waals surface area contributed by atoms with Crippen LogP contribution in [0.15, 0.2) is 0 Å². The molecule has 240 valence electrons. The predicted octanol–water partition coefficient (Wildman–Crippen LogP) is 4.89. The minimum absolute atomic E-state index is 0. The first-order valence-electron chi connectivity index (χ1n) is 12.6. The summed E-state index contributed by atoms with van der Waals surface area (Å²) in [6.07, 6.45) is 3.95. The third-order valence-electron chi connectivity index (χ3n) is 7.37. The third kappa shape index (κ3) is 16.5. The fourth-order valence-electron chi connectivity index (χ4n) is 5.01. The van der Waals surface area contributed by atoms with E-state index in [1.807, 2.05) is 0 Å². The predicted molar refractivity (Wildman–Crippen MR) is 156 cm³/mol. The summed E-state index contributed by atoms with van der Waals surface area (Å²) in [6.45, 7) is 0.654. The molecule has 0 rings (SSSR count). The Hall–Kier alpha value is -6.53. The molecular formula is C23H56O10Rf7Si4-2. The first-order valence-corrected chi connectivity index (χ1v) is 21.2. The van der Waals surface area contributed by atoms with Crippen molar-refractivity contribution < 1.29 is 44.6 Å². The van der Waals surface area contributed by atoms with Crippen molar-refractivity contribution in [2.75, 3.05) is 70.6 Å². The van der Waals surface area contributed by atoms with Crippen LogP contribution in [0.3, 0.4) is 0 Å². The van der Waals surface area contributed by atoms with Crippen LogP contribution >= 0.6 is 0 Å². The first kappa shape index (κ1) is 61.5. The molecule has 0 aliphatic carbocycles. The van der Waals surface area contributed by atoms with E-state index in [0.29, 0.717) is 6.61 Å². The van der Waals surface area contributed by atoms with E-state index >= 15 is 0 Å². The molecule has 0 fully saturated rings. The molecule has 0 saturated carbocycles. The van der Waals surface area contributed by atoms with Crippen LogP contribution in [0.1, 0.15) is 25.7 Å². The fourth-order valence-corrected chi connectivity index (χ4v) is 16.4. The Labute approximate surface area is 232 Å². The summed E-state index contributed by atoms with van der Waals surface area (Å²) in [4.78, 5) is 0. The van der Waals surface area contributed by atoms with Crippen molar-refractivity contribution in [3.8, 4) is 0 Å². The molecule has 21 heteroatoms. The van der Waals surface area contributed by atoms with Crippen molar-refractivity contribution in [3.05, 3.63) is 14.5 Å². The van der Waals surface area contributed by atoms with Crippen molar-refractivity contribution >= 4 is 34.5 Å². The van der Waals surface area contributed by atoms with E-state index in [2.05, 4.69) is 7.11 Å². The normalized spacial score (nSPS) is 11.0. The van der Waals surface area contributed by atoms with Crippen LogP contribution in [-0.2, 0) is 44.6 Å². The second kappa shape index (κ2) is 29.5. The van der Waals surface area contributed by atoms with Gasteiger partial charge in [0.25, 0.3) is 0 Å². The standard InChI is InChI=1S/C22H53O10Si4.CH3.7Rf/c1-23-15-11-16-33(17-12-20-34(24-2,25-3)26-4,18-13-21-35(27-5,28-6)29-7)19-14-22-36(30-8,31-9)32-10;;;;;;;;/h1,11-22H2,2-10H3;1H3;;;;;;;/q2*-1;;;;;;;. The van der Waals surface area contributed by atoms with Gasteiger partial charge in [0, 0.05) is 88.7 Å². The second-order valence-corrected chi connectivity index (χ2v) is 23.2. The van der Waals surface area contributed by atoms with Gasteiger partial charge in [0.15, 0.2) is 0 Å². The zero-order valence-electron chi connectivity index (χ0n) is 30.2. The quantitative estimate of drug-likeness (QED) is 0.0716. The molecule has 0 heterocycles. The van der Waals surface area contributed by atoms with Crippen molar-refractivity contribution in [2.45, 2.75) is 68.0 Å². The molecule has 0 spiro atoms. The minimum atomic E-state index is -2.63. The van der Waals surface area contributed by atoms with Gasteiger partial charge < -0.3 is 52.0 Å². The zero-order valence-corrected chi connectivity index (χ0v) is 79.0. The molecule has 0 N–H and O–H groups in total. The van der Waals surface area contributed by atoms with E-state index in [1.165, 1.54) is 0 Å². The Morgan fingerprint density at radius 1 is 0.364 bits per heavy atom. The van der Waals surface area contributed by atoms with E-state index < -0.39 is 34.5 Å². The topological polar surface area (TPSA) is 92.3 Å². The van der Waals surface area contributed by atoms with Gasteiger partial charge in [-0.2, -0.15) is 0 Å². The molecule has 0 saturated heterocycles. The summed E-state index contributed by atoms with van der Waals surface area (Å²) in [5.41, 5.74) is 0. The van der Waals surface area contributed by atoms with Crippen LogP contribution in [0.4, 0.5) is 0 Å². The molecule has 0 radical (unpaired) electrons. The maximum absolute atomic E-state index is 5.68. The van der Waals surface area contributed by atoms with Gasteiger partial charge in [-0.15, -0.1) is 0 Å². The van der Waals surface area contributed by atoms with E-state index in [1.54, 1.807) is 64.0 Å². The molecule has 0 aliphatic rings. The molecule has 0 aliphatic heterocycles. The molecular weight excluding hydrogens is 2420 g/mol. The summed E-state index contributed by atoms with van der Waals surface area (Å²) >= 11 is 0. The van der Waals surface area contributed by atoms with Crippen LogP contribution in [0, 0.1) is 14.5 Å². The van der Waals surface area contributed by atoms with Crippen LogP contribution in [0.2, 0.25) is 42.3 Å². The molecule has 0 unspecified atom stereocenters. The summed E-state index contributed by atoms with van der Waals surface area (Å²) in [5.74, 6) is 0. The van der Waals surface area contributed by atoms with Crippen LogP contribution in [-0.4, -0.2) is 105 Å². The van der Waals surface area contributed by atoms with Crippen LogP contribution in [0.25, 0.3) is 0 Å². The SMILES string of the molecule is [CH2-]OCCC[Si](CCC[Si](OC)(OC)OC)(CCC[Si](OC)(OC)OC)CCC[Si](OC)(OC)OC.[CH3-].[Rf].[Rf].[Rf].[Rf].[Rf].[Rf].[Rf]. The van der Waals surface area contributed by atoms with Crippen LogP contribution < -0.4 is 0 Å². The number of ether oxygens (including phenoxy) is 1. The molecule has 0 aromatic carbocycles. The molecule has 0 aromatic heterocycles. The Bertz CT molecular complexity index is 474. The average molecular weight is 2470 g/mol. The smallest absolute Gasteiger partial charge is 0.500 e. The summed E-state index contributed by atoms with van der Waals surface area (Å²) in [5, 5.41) is 0. The zero-order chi connectivity index (χ0) is 27.6. The number of hydrogen-bond acceptors (Lipinski definition) is 10. The van der Waals surface area contributed by atoms with Gasteiger partial charge in [-0.1, -0.05) is 43.4 Å². The minimum Gasteiger partial charge on any atom is -0.555 e. The number of hydrogen-bond donors (Lipinski definition) is 0. The molecule has 0 aromatic rings. The Morgan fingerprint density at radius 3 is 0.750 bits per heavy atom. The Balaban J connectivity index is -0.000000219. The molecule has 0 bridgehead atoms. The Morgan fingerprint density at radius 2 is 0.568 bits per heavy atom. The van der Waals surface area contributed by atoms with Gasteiger partial charge in [0.2, 0.25) is 0 Å². The summed E-state index contributed by atoms with van der Waals surface area (Å²) in [7, 11) is 8.93. The van der Waals surface area contributed by atoms with Gasteiger partial charge in [-0.3, -0.25) is 0 Å². The van der Waals surface area contributed by atoms with E-state index in [4.69, 9.17) is 44.6 Å². The van der Waals surface area contributed by atoms with Gasteiger partial charge in [-0.05, 0) is 6.42 Å². The van der Waals surface area contributed by atoms with Gasteiger partial charge >= 0.3 is 26.4 Å². The van der Waals surface area contributed by atoms with Crippen molar-refractivity contribution in [2.24, 2.45) is 0 Å². The summed E-state index contributed by atoms with van der Waals surface area (Å²) < 4.78 is 56.3. The third-order valence-corrected chi connectivity index (χ3v) is 21.5. The van der Waals surface area contributed by atoms with Gasteiger partial charge in [0.05, 0.1) is 8.07 Å². The second-order valence-electron chi connectivity index (χ2n) is 8.96. The monoisotopic (exact) mass is 2470 g/mol. The Kier molecular flexibility index (Phi) is 41.2. The molecule has 44 heavy (non-hydrogen) atoms. The number of rotatable bonds is 25. The van der Waals surface area contributed by atoms with Gasteiger partial charge in [0.1, 0.15) is 0 Å². The van der Waals surface area contributed by atoms with Crippen molar-refractivity contribution in [1.29, 1.82) is 0 Å². The first-order chi connectivity index (χ1) is 17.2. The van der Waals surface area contributed by atoms with E-state index in [-0.39, 0.29) is 7.43 Å². The maximum Gasteiger partial charge on any atom is 0.500 e. The van der Waals surface area contributed by atoms with Crippen molar-refractivity contribution in [1.82, 2.24) is 0 Å². The maximum atomic E-state index is 5.68. The molecule has 10 nitrogen and oxygen atoms in total. The summed E-state index contributed by atoms with van der Waals surface area (Å²) in [6, 6.07) is 6.92. The van der Waals surface area contributed by atoms with Crippen LogP contribution in [0.5, 0.6) is 0 Å². The van der Waals surface area contributed by atoms with E-state index in [0.717, 1.165) is 68.0 Å². The van der Waals surface area contributed by atoms with Crippen molar-refractivity contribution in [3.63, 3.8) is 0 Å².